The van der Waals surface area contributed by atoms with Gasteiger partial charge >= 0.3 is 0 Å². The summed E-state index contributed by atoms with van der Waals surface area (Å²) in [5.74, 6) is 0. The fourth-order valence-corrected chi connectivity index (χ4v) is 3.44. The molecule has 6 heteroatoms. The van der Waals surface area contributed by atoms with Crippen LogP contribution in [0.15, 0.2) is 46.9 Å². The minimum Gasteiger partial charge on any atom is -0.258 e. The lowest BCUT2D eigenvalue weighted by atomic mass is 10.0. The van der Waals surface area contributed by atoms with Crippen LogP contribution in [0.2, 0.25) is 0 Å². The van der Waals surface area contributed by atoms with Crippen molar-refractivity contribution in [3.8, 4) is 0 Å². The van der Waals surface area contributed by atoms with Gasteiger partial charge in [0.15, 0.2) is 0 Å². The first-order chi connectivity index (χ1) is 9.49. The Balaban J connectivity index is 2.30. The van der Waals surface area contributed by atoms with E-state index < -0.39 is 0 Å². The molecule has 0 radical (unpaired) electrons. The van der Waals surface area contributed by atoms with Crippen LogP contribution in [-0.2, 0) is 6.42 Å². The Morgan fingerprint density at radius 2 is 2.00 bits per heavy atom. The van der Waals surface area contributed by atoms with Gasteiger partial charge in [0.05, 0.1) is 10.3 Å². The largest absolute Gasteiger partial charge is 0.272 e. The molecule has 0 amide bonds. The Morgan fingerprint density at radius 3 is 2.70 bits per heavy atom. The highest BCUT2D eigenvalue weighted by Crippen LogP contribution is 2.34. The van der Waals surface area contributed by atoms with Gasteiger partial charge in [0.1, 0.15) is 0 Å². The number of rotatable bonds is 4. The average Bonchev–Trinajstić information content (AvgIpc) is 2.41. The van der Waals surface area contributed by atoms with Gasteiger partial charge in [0, 0.05) is 19.7 Å². The molecule has 0 aliphatic rings. The molecule has 0 fully saturated rings. The summed E-state index contributed by atoms with van der Waals surface area (Å²) >= 11 is 12.1. The number of nitro groups is 1. The Hall–Kier alpha value is -0.660. The van der Waals surface area contributed by atoms with Crippen LogP contribution in [0.25, 0.3) is 0 Å². The van der Waals surface area contributed by atoms with Crippen molar-refractivity contribution in [1.82, 2.24) is 0 Å². The van der Waals surface area contributed by atoms with Crippen molar-refractivity contribution in [1.29, 1.82) is 0 Å². The lowest BCUT2D eigenvalue weighted by molar-refractivity contribution is -0.385. The SMILES string of the molecule is O=[N+]([O-])c1ccccc1CC(Cl)c1cc(I)ccc1Br. The standard InChI is InChI=1S/C14H10BrClINO2/c15-12-6-5-10(17)8-11(12)13(16)7-9-3-1-2-4-14(9)18(19)20/h1-6,8,13H,7H2. The van der Waals surface area contributed by atoms with Crippen molar-refractivity contribution in [3.05, 3.63) is 71.7 Å². The number of alkyl halides is 1. The first kappa shape index (κ1) is 15.7. The molecule has 2 aromatic carbocycles. The molecule has 0 heterocycles. The Bertz CT molecular complexity index is 651. The van der Waals surface area contributed by atoms with Gasteiger partial charge in [0.25, 0.3) is 5.69 Å². The van der Waals surface area contributed by atoms with E-state index >= 15 is 0 Å². The van der Waals surface area contributed by atoms with Crippen LogP contribution in [0.3, 0.4) is 0 Å². The second-order valence-electron chi connectivity index (χ2n) is 4.22. The molecule has 0 aliphatic carbocycles. The summed E-state index contributed by atoms with van der Waals surface area (Å²) in [6.45, 7) is 0. The van der Waals surface area contributed by atoms with Crippen LogP contribution in [0, 0.1) is 13.7 Å². The van der Waals surface area contributed by atoms with Gasteiger partial charge in [-0.2, -0.15) is 0 Å². The zero-order valence-corrected chi connectivity index (χ0v) is 14.7. The number of para-hydroxylation sites is 1. The minimum atomic E-state index is -0.372. The monoisotopic (exact) mass is 465 g/mol. The molecular weight excluding hydrogens is 456 g/mol. The van der Waals surface area contributed by atoms with Crippen molar-refractivity contribution in [3.63, 3.8) is 0 Å². The lowest BCUT2D eigenvalue weighted by Crippen LogP contribution is -2.01. The van der Waals surface area contributed by atoms with Crippen LogP contribution in [-0.4, -0.2) is 4.92 Å². The molecule has 0 bridgehead atoms. The summed E-state index contributed by atoms with van der Waals surface area (Å²) in [5, 5.41) is 10.7. The van der Waals surface area contributed by atoms with Crippen LogP contribution in [0.5, 0.6) is 0 Å². The summed E-state index contributed by atoms with van der Waals surface area (Å²) in [5.41, 5.74) is 1.69. The second-order valence-corrected chi connectivity index (χ2v) is 6.85. The Labute approximate surface area is 143 Å². The van der Waals surface area contributed by atoms with Gasteiger partial charge in [-0.1, -0.05) is 34.1 Å². The number of hydrogen-bond donors (Lipinski definition) is 0. The highest BCUT2D eigenvalue weighted by Gasteiger charge is 2.19. The molecule has 0 saturated carbocycles. The van der Waals surface area contributed by atoms with Gasteiger partial charge < -0.3 is 0 Å². The van der Waals surface area contributed by atoms with Crippen molar-refractivity contribution < 1.29 is 4.92 Å². The quantitative estimate of drug-likeness (QED) is 0.259. The molecule has 2 rings (SSSR count). The van der Waals surface area contributed by atoms with E-state index in [0.717, 1.165) is 13.6 Å². The van der Waals surface area contributed by atoms with Crippen molar-refractivity contribution >= 4 is 55.8 Å². The van der Waals surface area contributed by atoms with Crippen molar-refractivity contribution in [2.45, 2.75) is 11.8 Å². The summed E-state index contributed by atoms with van der Waals surface area (Å²) in [6.07, 6.45) is 0.414. The van der Waals surface area contributed by atoms with Crippen LogP contribution in [0.4, 0.5) is 5.69 Å². The average molecular weight is 466 g/mol. The van der Waals surface area contributed by atoms with Gasteiger partial charge in [-0.3, -0.25) is 10.1 Å². The summed E-state index contributed by atoms with van der Waals surface area (Å²) in [4.78, 5) is 10.6. The third kappa shape index (κ3) is 3.71. The molecule has 0 spiro atoms. The maximum atomic E-state index is 11.0. The fourth-order valence-electron chi connectivity index (χ4n) is 1.92. The van der Waals surface area contributed by atoms with Gasteiger partial charge in [-0.25, -0.2) is 0 Å². The smallest absolute Gasteiger partial charge is 0.258 e. The molecule has 2 aromatic rings. The Kier molecular flexibility index (Phi) is 5.40. The highest BCUT2D eigenvalue weighted by atomic mass is 127. The predicted octanol–water partition coefficient (Wildman–Crippen LogP) is 5.48. The van der Waals surface area contributed by atoms with Gasteiger partial charge in [-0.05, 0) is 52.8 Å². The van der Waals surface area contributed by atoms with Crippen molar-refractivity contribution in [2.75, 3.05) is 0 Å². The first-order valence-corrected chi connectivity index (χ1v) is 8.11. The number of benzene rings is 2. The van der Waals surface area contributed by atoms with E-state index in [1.807, 2.05) is 18.2 Å². The normalized spacial score (nSPS) is 12.2. The molecule has 3 nitrogen and oxygen atoms in total. The Morgan fingerprint density at radius 1 is 1.30 bits per heavy atom. The molecule has 0 N–H and O–H groups in total. The first-order valence-electron chi connectivity index (χ1n) is 5.80. The third-order valence-corrected chi connectivity index (χ3v) is 4.67. The minimum absolute atomic E-state index is 0.111. The number of nitro benzene ring substituents is 1. The van der Waals surface area contributed by atoms with Crippen LogP contribution >= 0.6 is 50.1 Å². The van der Waals surface area contributed by atoms with E-state index in [1.165, 1.54) is 6.07 Å². The number of nitrogens with zero attached hydrogens (tertiary/aromatic N) is 1. The maximum Gasteiger partial charge on any atom is 0.272 e. The molecular formula is C14H10BrClINO2. The molecule has 0 aliphatic heterocycles. The zero-order chi connectivity index (χ0) is 14.7. The lowest BCUT2D eigenvalue weighted by Gasteiger charge is -2.12. The van der Waals surface area contributed by atoms with Gasteiger partial charge in [0.2, 0.25) is 0 Å². The molecule has 20 heavy (non-hydrogen) atoms. The number of hydrogen-bond acceptors (Lipinski definition) is 2. The molecule has 1 atom stereocenters. The summed E-state index contributed by atoms with van der Waals surface area (Å²) in [6, 6.07) is 12.6. The highest BCUT2D eigenvalue weighted by molar-refractivity contribution is 14.1. The maximum absolute atomic E-state index is 11.0. The molecule has 104 valence electrons. The van der Waals surface area contributed by atoms with E-state index in [-0.39, 0.29) is 16.0 Å². The van der Waals surface area contributed by atoms with E-state index in [1.54, 1.807) is 18.2 Å². The van der Waals surface area contributed by atoms with E-state index in [2.05, 4.69) is 38.5 Å². The van der Waals surface area contributed by atoms with Crippen LogP contribution in [0.1, 0.15) is 16.5 Å². The number of halogens is 3. The second kappa shape index (κ2) is 6.87. The summed E-state index contributed by atoms with van der Waals surface area (Å²) < 4.78 is 1.99. The van der Waals surface area contributed by atoms with Crippen molar-refractivity contribution in [2.24, 2.45) is 0 Å². The zero-order valence-electron chi connectivity index (χ0n) is 10.2. The van der Waals surface area contributed by atoms with Crippen LogP contribution < -0.4 is 0 Å². The van der Waals surface area contributed by atoms with E-state index in [0.29, 0.717) is 12.0 Å². The van der Waals surface area contributed by atoms with E-state index in [4.69, 9.17) is 11.6 Å². The predicted molar refractivity (Wildman–Crippen MR) is 92.3 cm³/mol. The topological polar surface area (TPSA) is 43.1 Å². The third-order valence-electron chi connectivity index (χ3n) is 2.88. The molecule has 1 unspecified atom stereocenters. The molecule has 0 aromatic heterocycles. The van der Waals surface area contributed by atoms with E-state index in [9.17, 15) is 10.1 Å². The molecule has 0 saturated heterocycles. The fraction of sp³-hybridized carbons (Fsp3) is 0.143. The van der Waals surface area contributed by atoms with Gasteiger partial charge in [-0.15, -0.1) is 11.6 Å². The summed E-state index contributed by atoms with van der Waals surface area (Å²) in [7, 11) is 0.